The second-order valence-corrected chi connectivity index (χ2v) is 5.77. The molecule has 1 fully saturated rings. The molecule has 110 valence electrons. The van der Waals surface area contributed by atoms with Crippen molar-refractivity contribution >= 4 is 11.7 Å². The van der Waals surface area contributed by atoms with E-state index in [0.717, 1.165) is 31.7 Å². The summed E-state index contributed by atoms with van der Waals surface area (Å²) in [5, 5.41) is 3.24. The minimum atomic E-state index is 0.0688. The van der Waals surface area contributed by atoms with Crippen LogP contribution in [0.15, 0.2) is 18.2 Å². The van der Waals surface area contributed by atoms with Crippen molar-refractivity contribution in [2.24, 2.45) is 0 Å². The molecule has 1 N–H and O–H groups in total. The van der Waals surface area contributed by atoms with E-state index in [0.29, 0.717) is 11.7 Å². The molecule has 0 aliphatic carbocycles. The van der Waals surface area contributed by atoms with Crippen LogP contribution in [-0.4, -0.2) is 34.9 Å². The summed E-state index contributed by atoms with van der Waals surface area (Å²) < 4.78 is 0. The molecule has 0 spiro atoms. The van der Waals surface area contributed by atoms with Gasteiger partial charge in [-0.2, -0.15) is 0 Å². The first kappa shape index (κ1) is 14.8. The van der Waals surface area contributed by atoms with E-state index in [4.69, 9.17) is 0 Å². The fourth-order valence-electron chi connectivity index (χ4n) is 2.54. The van der Waals surface area contributed by atoms with Crippen LogP contribution in [0.3, 0.4) is 0 Å². The van der Waals surface area contributed by atoms with Crippen LogP contribution in [0.25, 0.3) is 0 Å². The predicted octanol–water partition coefficient (Wildman–Crippen LogP) is 3.31. The first-order chi connectivity index (χ1) is 9.66. The lowest BCUT2D eigenvalue weighted by molar-refractivity contribution is 0.0736. The van der Waals surface area contributed by atoms with Gasteiger partial charge in [-0.3, -0.25) is 4.79 Å². The number of carbonyl (C=O) groups excluding carboxylic acids is 1. The van der Waals surface area contributed by atoms with Gasteiger partial charge in [0, 0.05) is 19.1 Å². The first-order valence-corrected chi connectivity index (χ1v) is 7.69. The largest absolute Gasteiger partial charge is 0.368 e. The van der Waals surface area contributed by atoms with E-state index < -0.39 is 0 Å². The third-order valence-electron chi connectivity index (χ3n) is 3.55. The second-order valence-electron chi connectivity index (χ2n) is 5.77. The zero-order valence-electron chi connectivity index (χ0n) is 12.6. The summed E-state index contributed by atoms with van der Waals surface area (Å²) in [5.41, 5.74) is 0.552. The Morgan fingerprint density at radius 3 is 2.45 bits per heavy atom. The van der Waals surface area contributed by atoms with Gasteiger partial charge in [0.25, 0.3) is 5.91 Å². The van der Waals surface area contributed by atoms with Crippen molar-refractivity contribution in [2.45, 2.75) is 52.0 Å². The molecular weight excluding hydrogens is 250 g/mol. The number of hydrogen-bond donors (Lipinski definition) is 1. The molecule has 2 rings (SSSR count). The number of likely N-dealkylation sites (tertiary alicyclic amines) is 1. The maximum Gasteiger partial charge on any atom is 0.272 e. The van der Waals surface area contributed by atoms with Gasteiger partial charge in [0.15, 0.2) is 0 Å². The second kappa shape index (κ2) is 7.27. The lowest BCUT2D eigenvalue weighted by atomic mass is 10.1. The van der Waals surface area contributed by atoms with E-state index in [1.165, 1.54) is 19.3 Å². The Hall–Kier alpha value is -1.58. The quantitative estimate of drug-likeness (QED) is 0.920. The minimum Gasteiger partial charge on any atom is -0.368 e. The number of rotatable bonds is 3. The van der Waals surface area contributed by atoms with Gasteiger partial charge < -0.3 is 10.2 Å². The Balaban J connectivity index is 2.06. The van der Waals surface area contributed by atoms with Crippen LogP contribution in [0.5, 0.6) is 0 Å². The topological polar surface area (TPSA) is 45.2 Å². The van der Waals surface area contributed by atoms with E-state index in [-0.39, 0.29) is 5.91 Å². The van der Waals surface area contributed by atoms with Crippen molar-refractivity contribution in [3.63, 3.8) is 0 Å². The van der Waals surface area contributed by atoms with E-state index in [1.54, 1.807) is 0 Å². The summed E-state index contributed by atoms with van der Waals surface area (Å²) in [7, 11) is 0. The summed E-state index contributed by atoms with van der Waals surface area (Å²) in [6, 6.07) is 5.93. The van der Waals surface area contributed by atoms with Crippen LogP contribution >= 0.6 is 0 Å². The highest BCUT2D eigenvalue weighted by molar-refractivity contribution is 5.92. The summed E-state index contributed by atoms with van der Waals surface area (Å²) in [4.78, 5) is 18.9. The lowest BCUT2D eigenvalue weighted by Gasteiger charge is -2.24. The zero-order chi connectivity index (χ0) is 14.4. The normalized spacial score (nSPS) is 16.6. The van der Waals surface area contributed by atoms with E-state index in [1.807, 2.05) is 23.1 Å². The molecule has 1 amide bonds. The molecule has 1 aliphatic rings. The van der Waals surface area contributed by atoms with Crippen LogP contribution in [0, 0.1) is 0 Å². The van der Waals surface area contributed by atoms with Crippen LogP contribution in [0.2, 0.25) is 0 Å². The molecular formula is C16H25N3O. The van der Waals surface area contributed by atoms with Crippen molar-refractivity contribution in [3.05, 3.63) is 23.9 Å². The first-order valence-electron chi connectivity index (χ1n) is 7.69. The van der Waals surface area contributed by atoms with Crippen molar-refractivity contribution in [2.75, 3.05) is 18.4 Å². The Bertz CT molecular complexity index is 437. The van der Waals surface area contributed by atoms with E-state index >= 15 is 0 Å². The third kappa shape index (κ3) is 4.22. The summed E-state index contributed by atoms with van der Waals surface area (Å²) in [6.07, 6.45) is 5.97. The number of pyridine rings is 1. The van der Waals surface area contributed by atoms with Crippen LogP contribution in [0.1, 0.15) is 56.4 Å². The van der Waals surface area contributed by atoms with Crippen LogP contribution in [-0.2, 0) is 0 Å². The Kier molecular flexibility index (Phi) is 5.39. The molecule has 2 heterocycles. The number of nitrogens with one attached hydrogen (secondary N) is 1. The van der Waals surface area contributed by atoms with Crippen LogP contribution in [0.4, 0.5) is 5.82 Å². The van der Waals surface area contributed by atoms with Gasteiger partial charge in [-0.15, -0.1) is 0 Å². The van der Waals surface area contributed by atoms with Gasteiger partial charge in [-0.1, -0.05) is 25.3 Å². The molecule has 4 heteroatoms. The predicted molar refractivity (Wildman–Crippen MR) is 82.0 cm³/mol. The minimum absolute atomic E-state index is 0.0688. The lowest BCUT2D eigenvalue weighted by Crippen LogP contribution is -2.34. The molecule has 0 atom stereocenters. The summed E-state index contributed by atoms with van der Waals surface area (Å²) in [6.45, 7) is 5.85. The molecule has 0 saturated carbocycles. The molecule has 0 radical (unpaired) electrons. The van der Waals surface area contributed by atoms with Crippen LogP contribution < -0.4 is 5.32 Å². The fourth-order valence-corrected chi connectivity index (χ4v) is 2.54. The highest BCUT2D eigenvalue weighted by atomic mass is 16.2. The molecule has 1 aromatic heterocycles. The average Bonchev–Trinajstić information content (AvgIpc) is 2.37. The molecule has 1 saturated heterocycles. The Morgan fingerprint density at radius 1 is 1.15 bits per heavy atom. The summed E-state index contributed by atoms with van der Waals surface area (Å²) >= 11 is 0. The smallest absolute Gasteiger partial charge is 0.272 e. The van der Waals surface area contributed by atoms with Crippen molar-refractivity contribution in [3.8, 4) is 0 Å². The van der Waals surface area contributed by atoms with E-state index in [2.05, 4.69) is 24.1 Å². The molecule has 20 heavy (non-hydrogen) atoms. The van der Waals surface area contributed by atoms with Gasteiger partial charge in [0.2, 0.25) is 0 Å². The average molecular weight is 275 g/mol. The van der Waals surface area contributed by atoms with Gasteiger partial charge in [0.05, 0.1) is 0 Å². The standard InChI is InChI=1S/C16H25N3O/c1-13(2)17-15-10-8-9-14(18-15)16(20)19-11-6-4-3-5-7-12-19/h8-10,13H,3-7,11-12H2,1-2H3,(H,17,18). The fraction of sp³-hybridized carbons (Fsp3) is 0.625. The number of hydrogen-bond acceptors (Lipinski definition) is 3. The summed E-state index contributed by atoms with van der Waals surface area (Å²) in [5.74, 6) is 0.845. The van der Waals surface area contributed by atoms with Crippen molar-refractivity contribution in [1.29, 1.82) is 0 Å². The highest BCUT2D eigenvalue weighted by Crippen LogP contribution is 2.14. The monoisotopic (exact) mass is 275 g/mol. The molecule has 0 aromatic carbocycles. The molecule has 1 aromatic rings. The molecule has 0 unspecified atom stereocenters. The van der Waals surface area contributed by atoms with Gasteiger partial charge >= 0.3 is 0 Å². The third-order valence-corrected chi connectivity index (χ3v) is 3.55. The Labute approximate surface area is 121 Å². The number of carbonyl (C=O) groups is 1. The molecule has 1 aliphatic heterocycles. The van der Waals surface area contributed by atoms with E-state index in [9.17, 15) is 4.79 Å². The van der Waals surface area contributed by atoms with Crippen molar-refractivity contribution in [1.82, 2.24) is 9.88 Å². The van der Waals surface area contributed by atoms with Gasteiger partial charge in [0.1, 0.15) is 11.5 Å². The van der Waals surface area contributed by atoms with Gasteiger partial charge in [-0.05, 0) is 38.8 Å². The molecule has 4 nitrogen and oxygen atoms in total. The Morgan fingerprint density at radius 2 is 1.80 bits per heavy atom. The SMILES string of the molecule is CC(C)Nc1cccc(C(=O)N2CCCCCCC2)n1. The number of amides is 1. The highest BCUT2D eigenvalue weighted by Gasteiger charge is 2.18. The van der Waals surface area contributed by atoms with Crippen molar-refractivity contribution < 1.29 is 4.79 Å². The maximum atomic E-state index is 12.5. The number of anilines is 1. The molecule has 0 bridgehead atoms. The number of nitrogens with zero attached hydrogens (tertiary/aromatic N) is 2. The van der Waals surface area contributed by atoms with Gasteiger partial charge in [-0.25, -0.2) is 4.98 Å². The maximum absolute atomic E-state index is 12.5. The number of aromatic nitrogens is 1. The zero-order valence-corrected chi connectivity index (χ0v) is 12.6.